The summed E-state index contributed by atoms with van der Waals surface area (Å²) in [5, 5.41) is 3.06. The number of carbonyl (C=O) groups excluding carboxylic acids is 1. The van der Waals surface area contributed by atoms with Crippen LogP contribution in [-0.4, -0.2) is 16.9 Å². The van der Waals surface area contributed by atoms with E-state index in [1.807, 2.05) is 6.92 Å². The van der Waals surface area contributed by atoms with Crippen LogP contribution in [0.15, 0.2) is 0 Å². The molecule has 0 saturated heterocycles. The Hall–Kier alpha value is -0.640. The van der Waals surface area contributed by atoms with E-state index in [0.717, 1.165) is 18.8 Å². The zero-order chi connectivity index (χ0) is 12.1. The lowest BCUT2D eigenvalue weighted by molar-refractivity contribution is -0.123. The van der Waals surface area contributed by atoms with Crippen molar-refractivity contribution in [1.82, 2.24) is 5.32 Å². The first-order valence-electron chi connectivity index (χ1n) is 6.18. The van der Waals surface area contributed by atoms with Crippen molar-refractivity contribution >= 4 is 23.1 Å². The lowest BCUT2D eigenvalue weighted by atomic mass is 10.0. The summed E-state index contributed by atoms with van der Waals surface area (Å²) in [4.78, 5) is 12.2. The van der Waals surface area contributed by atoms with E-state index in [1.54, 1.807) is 0 Å². The molecule has 0 bridgehead atoms. The van der Waals surface area contributed by atoms with Gasteiger partial charge in [-0.1, -0.05) is 38.9 Å². The topological polar surface area (TPSA) is 55.1 Å². The molecule has 0 radical (unpaired) electrons. The largest absolute Gasteiger partial charge is 0.393 e. The van der Waals surface area contributed by atoms with Gasteiger partial charge in [0.25, 0.3) is 0 Å². The van der Waals surface area contributed by atoms with E-state index in [-0.39, 0.29) is 11.8 Å². The monoisotopic (exact) mass is 242 g/mol. The first-order valence-corrected chi connectivity index (χ1v) is 6.58. The van der Waals surface area contributed by atoms with E-state index in [4.69, 9.17) is 18.0 Å². The van der Waals surface area contributed by atoms with Gasteiger partial charge in [0.05, 0.1) is 10.9 Å². The maximum absolute atomic E-state index is 11.9. The number of amides is 1. The summed E-state index contributed by atoms with van der Waals surface area (Å²) in [7, 11) is 0. The molecule has 1 saturated carbocycles. The molecule has 1 aliphatic rings. The molecule has 0 heterocycles. The summed E-state index contributed by atoms with van der Waals surface area (Å²) in [6.07, 6.45) is 5.41. The van der Waals surface area contributed by atoms with Gasteiger partial charge in [0, 0.05) is 6.04 Å². The SMILES string of the molecule is CCC(CC1CC1)NC(=O)C(CC)C(N)=S. The van der Waals surface area contributed by atoms with Crippen LogP contribution in [-0.2, 0) is 4.79 Å². The molecule has 92 valence electrons. The standard InChI is InChI=1S/C12H22N2OS/c1-3-9(7-8-5-6-8)14-12(15)10(4-2)11(13)16/h8-10H,3-7H2,1-2H3,(H2,13,16)(H,14,15). The van der Waals surface area contributed by atoms with E-state index in [0.29, 0.717) is 17.5 Å². The maximum Gasteiger partial charge on any atom is 0.230 e. The van der Waals surface area contributed by atoms with Crippen LogP contribution >= 0.6 is 12.2 Å². The summed E-state index contributed by atoms with van der Waals surface area (Å²) < 4.78 is 0. The van der Waals surface area contributed by atoms with Crippen LogP contribution < -0.4 is 11.1 Å². The van der Waals surface area contributed by atoms with E-state index in [2.05, 4.69) is 12.2 Å². The summed E-state index contributed by atoms with van der Waals surface area (Å²) in [5.41, 5.74) is 5.55. The molecule has 1 aliphatic carbocycles. The molecule has 0 aromatic carbocycles. The van der Waals surface area contributed by atoms with Crippen molar-refractivity contribution < 1.29 is 4.79 Å². The minimum atomic E-state index is -0.303. The molecule has 3 N–H and O–H groups in total. The second-order valence-corrected chi connectivity index (χ2v) is 5.13. The molecule has 0 aromatic heterocycles. The van der Waals surface area contributed by atoms with Crippen LogP contribution in [0.1, 0.15) is 46.0 Å². The average molecular weight is 242 g/mol. The third-order valence-corrected chi connectivity index (χ3v) is 3.51. The van der Waals surface area contributed by atoms with Gasteiger partial charge in [0.2, 0.25) is 5.91 Å². The van der Waals surface area contributed by atoms with Gasteiger partial charge in [0.1, 0.15) is 0 Å². The summed E-state index contributed by atoms with van der Waals surface area (Å²) >= 11 is 4.90. The second kappa shape index (κ2) is 6.18. The number of rotatable bonds is 7. The lowest BCUT2D eigenvalue weighted by Gasteiger charge is -2.20. The van der Waals surface area contributed by atoms with Crippen LogP contribution in [0.3, 0.4) is 0 Å². The van der Waals surface area contributed by atoms with Crippen molar-refractivity contribution in [2.75, 3.05) is 0 Å². The first-order chi connectivity index (χ1) is 7.58. The van der Waals surface area contributed by atoms with Gasteiger partial charge < -0.3 is 11.1 Å². The van der Waals surface area contributed by atoms with Gasteiger partial charge in [-0.15, -0.1) is 0 Å². The highest BCUT2D eigenvalue weighted by Gasteiger charge is 2.27. The van der Waals surface area contributed by atoms with Crippen molar-refractivity contribution in [3.8, 4) is 0 Å². The molecule has 1 rings (SSSR count). The highest BCUT2D eigenvalue weighted by atomic mass is 32.1. The molecule has 3 nitrogen and oxygen atoms in total. The van der Waals surface area contributed by atoms with Gasteiger partial charge in [0.15, 0.2) is 0 Å². The Balaban J connectivity index is 2.42. The lowest BCUT2D eigenvalue weighted by Crippen LogP contribution is -2.42. The van der Waals surface area contributed by atoms with E-state index in [1.165, 1.54) is 12.8 Å². The first kappa shape index (κ1) is 13.4. The molecule has 0 aromatic rings. The zero-order valence-corrected chi connectivity index (χ0v) is 11.0. The van der Waals surface area contributed by atoms with Crippen molar-refractivity contribution in [2.45, 2.75) is 52.0 Å². The highest BCUT2D eigenvalue weighted by Crippen LogP contribution is 2.34. The molecular weight excluding hydrogens is 220 g/mol. The fourth-order valence-corrected chi connectivity index (χ4v) is 2.17. The van der Waals surface area contributed by atoms with Gasteiger partial charge in [-0.3, -0.25) is 4.79 Å². The van der Waals surface area contributed by atoms with Crippen LogP contribution in [0.2, 0.25) is 0 Å². The Bertz CT molecular complexity index is 264. The van der Waals surface area contributed by atoms with Crippen molar-refractivity contribution in [3.05, 3.63) is 0 Å². The number of thiocarbonyl (C=S) groups is 1. The normalized spacial score (nSPS) is 18.9. The van der Waals surface area contributed by atoms with Gasteiger partial charge >= 0.3 is 0 Å². The molecule has 16 heavy (non-hydrogen) atoms. The Morgan fingerprint density at radius 3 is 2.44 bits per heavy atom. The number of hydrogen-bond donors (Lipinski definition) is 2. The van der Waals surface area contributed by atoms with E-state index in [9.17, 15) is 4.79 Å². The third-order valence-electron chi connectivity index (χ3n) is 3.22. The predicted molar refractivity (Wildman–Crippen MR) is 70.1 cm³/mol. The fourth-order valence-electron chi connectivity index (χ4n) is 1.90. The number of carbonyl (C=O) groups is 1. The summed E-state index contributed by atoms with van der Waals surface area (Å²) in [6.45, 7) is 4.04. The molecule has 4 heteroatoms. The van der Waals surface area contributed by atoms with Crippen molar-refractivity contribution in [1.29, 1.82) is 0 Å². The summed E-state index contributed by atoms with van der Waals surface area (Å²) in [5.74, 6) is 0.529. The Kier molecular flexibility index (Phi) is 5.19. The highest BCUT2D eigenvalue weighted by molar-refractivity contribution is 7.80. The van der Waals surface area contributed by atoms with Gasteiger partial charge in [-0.2, -0.15) is 0 Å². The zero-order valence-electron chi connectivity index (χ0n) is 10.2. The van der Waals surface area contributed by atoms with Gasteiger partial charge in [-0.05, 0) is 25.2 Å². The quantitative estimate of drug-likeness (QED) is 0.671. The molecule has 2 unspecified atom stereocenters. The molecular formula is C12H22N2OS. The van der Waals surface area contributed by atoms with Gasteiger partial charge in [-0.25, -0.2) is 0 Å². The van der Waals surface area contributed by atoms with Crippen LogP contribution in [0, 0.1) is 11.8 Å². The van der Waals surface area contributed by atoms with Crippen molar-refractivity contribution in [3.63, 3.8) is 0 Å². The number of nitrogens with one attached hydrogen (secondary N) is 1. The smallest absolute Gasteiger partial charge is 0.230 e. The van der Waals surface area contributed by atoms with Crippen LogP contribution in [0.5, 0.6) is 0 Å². The summed E-state index contributed by atoms with van der Waals surface area (Å²) in [6, 6.07) is 0.295. The maximum atomic E-state index is 11.9. The Morgan fingerprint density at radius 1 is 1.44 bits per heavy atom. The van der Waals surface area contributed by atoms with Crippen LogP contribution in [0.25, 0.3) is 0 Å². The average Bonchev–Trinajstić information content (AvgIpc) is 3.01. The molecule has 0 spiro atoms. The van der Waals surface area contributed by atoms with Crippen LogP contribution in [0.4, 0.5) is 0 Å². The molecule has 2 atom stereocenters. The number of nitrogens with two attached hydrogens (primary N) is 1. The molecule has 0 aliphatic heterocycles. The Morgan fingerprint density at radius 2 is 2.06 bits per heavy atom. The molecule has 1 amide bonds. The Labute approximate surface area is 103 Å². The molecule has 1 fully saturated rings. The minimum Gasteiger partial charge on any atom is -0.393 e. The second-order valence-electron chi connectivity index (χ2n) is 4.66. The third kappa shape index (κ3) is 4.08. The minimum absolute atomic E-state index is 0.00231. The van der Waals surface area contributed by atoms with E-state index >= 15 is 0 Å². The predicted octanol–water partition coefficient (Wildman–Crippen LogP) is 1.99. The van der Waals surface area contributed by atoms with E-state index < -0.39 is 0 Å². The number of hydrogen-bond acceptors (Lipinski definition) is 2. The van der Waals surface area contributed by atoms with Crippen molar-refractivity contribution in [2.24, 2.45) is 17.6 Å². The fraction of sp³-hybridized carbons (Fsp3) is 0.833.